The van der Waals surface area contributed by atoms with Crippen molar-refractivity contribution < 1.29 is 19.4 Å². The zero-order chi connectivity index (χ0) is 16.2. The second-order valence-electron chi connectivity index (χ2n) is 6.17. The molecular weight excluding hydrogens is 296 g/mol. The average Bonchev–Trinajstić information content (AvgIpc) is 2.92. The lowest BCUT2D eigenvalue weighted by Crippen LogP contribution is -2.60. The Hall–Kier alpha value is -1.63. The molecule has 1 aromatic rings. The molecule has 1 unspecified atom stereocenters. The molecule has 0 radical (unpaired) electrons. The van der Waals surface area contributed by atoms with Gasteiger partial charge in [-0.1, -0.05) is 6.07 Å². The predicted octanol–water partition coefficient (Wildman–Crippen LogP) is 0.603. The van der Waals surface area contributed by atoms with E-state index in [1.165, 1.54) is 0 Å². The van der Waals surface area contributed by atoms with Gasteiger partial charge in [0.15, 0.2) is 0 Å². The van der Waals surface area contributed by atoms with Crippen molar-refractivity contribution in [3.05, 3.63) is 29.8 Å². The number of aliphatic hydroxyl groups is 1. The van der Waals surface area contributed by atoms with Crippen LogP contribution in [0.3, 0.4) is 0 Å². The molecule has 126 valence electrons. The summed E-state index contributed by atoms with van der Waals surface area (Å²) in [4.78, 5) is 16.6. The summed E-state index contributed by atoms with van der Waals surface area (Å²) in [5.74, 6) is 0.728. The summed E-state index contributed by atoms with van der Waals surface area (Å²) in [6.45, 7) is 4.12. The number of amides is 1. The minimum atomic E-state index is -0.208. The summed E-state index contributed by atoms with van der Waals surface area (Å²) >= 11 is 0. The van der Waals surface area contributed by atoms with Gasteiger partial charge in [-0.2, -0.15) is 0 Å². The molecule has 1 N–H and O–H groups in total. The van der Waals surface area contributed by atoms with Gasteiger partial charge in [-0.3, -0.25) is 9.69 Å². The zero-order valence-corrected chi connectivity index (χ0v) is 13.5. The third-order valence-corrected chi connectivity index (χ3v) is 4.50. The number of hydrogen-bond acceptors (Lipinski definition) is 5. The molecule has 23 heavy (non-hydrogen) atoms. The number of methoxy groups -OCH3 is 1. The number of likely N-dealkylation sites (tertiary alicyclic amines) is 2. The van der Waals surface area contributed by atoms with Crippen LogP contribution in [0.15, 0.2) is 24.3 Å². The molecule has 2 aliphatic rings. The van der Waals surface area contributed by atoms with Gasteiger partial charge in [0.2, 0.25) is 0 Å². The molecule has 6 nitrogen and oxygen atoms in total. The second-order valence-corrected chi connectivity index (χ2v) is 6.17. The molecule has 0 aliphatic carbocycles. The van der Waals surface area contributed by atoms with Crippen LogP contribution in [0, 0.1) is 0 Å². The van der Waals surface area contributed by atoms with Crippen LogP contribution in [0.4, 0.5) is 0 Å². The Morgan fingerprint density at radius 3 is 2.83 bits per heavy atom. The fourth-order valence-corrected chi connectivity index (χ4v) is 3.10. The van der Waals surface area contributed by atoms with Crippen LogP contribution in [0.2, 0.25) is 0 Å². The van der Waals surface area contributed by atoms with Gasteiger partial charge in [0, 0.05) is 44.9 Å². The Kier molecular flexibility index (Phi) is 5.15. The molecule has 0 aromatic heterocycles. The Bertz CT molecular complexity index is 545. The Morgan fingerprint density at radius 2 is 2.13 bits per heavy atom. The van der Waals surface area contributed by atoms with Crippen LogP contribution < -0.4 is 4.74 Å². The first-order chi connectivity index (χ1) is 11.2. The summed E-state index contributed by atoms with van der Waals surface area (Å²) in [5, 5.41) is 9.60. The summed E-state index contributed by atoms with van der Waals surface area (Å²) in [7, 11) is 1.63. The first kappa shape index (κ1) is 16.2. The van der Waals surface area contributed by atoms with Gasteiger partial charge >= 0.3 is 0 Å². The summed E-state index contributed by atoms with van der Waals surface area (Å²) in [5.41, 5.74) is 0.653. The Morgan fingerprint density at radius 1 is 1.30 bits per heavy atom. The SMILES string of the molecule is COCCOc1cccc(C(=O)N2CC(N3CCC(O)C3)C2)c1. The van der Waals surface area contributed by atoms with Crippen LogP contribution in [0.1, 0.15) is 16.8 Å². The van der Waals surface area contributed by atoms with Crippen LogP contribution in [0.25, 0.3) is 0 Å². The molecule has 6 heteroatoms. The Balaban J connectivity index is 1.52. The van der Waals surface area contributed by atoms with Crippen molar-refractivity contribution >= 4 is 5.91 Å². The van der Waals surface area contributed by atoms with E-state index in [1.807, 2.05) is 23.1 Å². The normalized spacial score (nSPS) is 22.2. The quantitative estimate of drug-likeness (QED) is 0.778. The van der Waals surface area contributed by atoms with Gasteiger partial charge in [-0.15, -0.1) is 0 Å². The van der Waals surface area contributed by atoms with E-state index in [1.54, 1.807) is 13.2 Å². The summed E-state index contributed by atoms with van der Waals surface area (Å²) in [6, 6.07) is 7.67. The molecule has 1 aromatic carbocycles. The van der Waals surface area contributed by atoms with E-state index in [9.17, 15) is 9.90 Å². The lowest BCUT2D eigenvalue weighted by molar-refractivity contribution is 0.0298. The molecule has 1 amide bonds. The van der Waals surface area contributed by atoms with Gasteiger partial charge in [-0.05, 0) is 24.6 Å². The standard InChI is InChI=1S/C17H24N2O4/c1-22-7-8-23-16-4-2-3-13(9-16)17(21)19-10-14(11-19)18-6-5-15(20)12-18/h2-4,9,14-15,20H,5-8,10-12H2,1H3. The predicted molar refractivity (Wildman–Crippen MR) is 85.7 cm³/mol. The lowest BCUT2D eigenvalue weighted by atomic mass is 10.1. The summed E-state index contributed by atoms with van der Waals surface area (Å²) < 4.78 is 10.5. The van der Waals surface area contributed by atoms with Crippen molar-refractivity contribution in [2.24, 2.45) is 0 Å². The Labute approximate surface area is 136 Å². The highest BCUT2D eigenvalue weighted by atomic mass is 16.5. The highest BCUT2D eigenvalue weighted by molar-refractivity contribution is 5.95. The lowest BCUT2D eigenvalue weighted by Gasteiger charge is -2.44. The van der Waals surface area contributed by atoms with E-state index in [2.05, 4.69) is 4.90 Å². The monoisotopic (exact) mass is 320 g/mol. The fraction of sp³-hybridized carbons (Fsp3) is 0.588. The molecule has 0 spiro atoms. The maximum atomic E-state index is 12.5. The molecule has 2 saturated heterocycles. The number of nitrogens with zero attached hydrogens (tertiary/aromatic N) is 2. The van der Waals surface area contributed by atoms with E-state index < -0.39 is 0 Å². The van der Waals surface area contributed by atoms with Crippen LogP contribution >= 0.6 is 0 Å². The number of aliphatic hydroxyl groups excluding tert-OH is 1. The molecule has 2 fully saturated rings. The number of benzene rings is 1. The van der Waals surface area contributed by atoms with Gasteiger partial charge in [0.25, 0.3) is 5.91 Å². The molecular formula is C17H24N2O4. The highest BCUT2D eigenvalue weighted by Gasteiger charge is 2.37. The van der Waals surface area contributed by atoms with Crippen molar-refractivity contribution in [3.63, 3.8) is 0 Å². The van der Waals surface area contributed by atoms with Crippen molar-refractivity contribution in [3.8, 4) is 5.75 Å². The van der Waals surface area contributed by atoms with Gasteiger partial charge in [0.1, 0.15) is 12.4 Å². The molecule has 1 atom stereocenters. The van der Waals surface area contributed by atoms with Gasteiger partial charge in [-0.25, -0.2) is 0 Å². The minimum Gasteiger partial charge on any atom is -0.491 e. The van der Waals surface area contributed by atoms with E-state index in [0.29, 0.717) is 30.6 Å². The molecule has 0 saturated carbocycles. The molecule has 0 bridgehead atoms. The van der Waals surface area contributed by atoms with Crippen molar-refractivity contribution in [2.75, 3.05) is 46.5 Å². The smallest absolute Gasteiger partial charge is 0.254 e. The maximum absolute atomic E-state index is 12.5. The third kappa shape index (κ3) is 3.83. The largest absolute Gasteiger partial charge is 0.491 e. The van der Waals surface area contributed by atoms with Crippen molar-refractivity contribution in [1.82, 2.24) is 9.80 Å². The van der Waals surface area contributed by atoms with Crippen LogP contribution in [-0.2, 0) is 4.74 Å². The topological polar surface area (TPSA) is 62.2 Å². The zero-order valence-electron chi connectivity index (χ0n) is 13.5. The number of rotatable bonds is 6. The molecule has 3 rings (SSSR count). The van der Waals surface area contributed by atoms with Crippen LogP contribution in [0.5, 0.6) is 5.75 Å². The third-order valence-electron chi connectivity index (χ3n) is 4.50. The van der Waals surface area contributed by atoms with Crippen molar-refractivity contribution in [2.45, 2.75) is 18.6 Å². The highest BCUT2D eigenvalue weighted by Crippen LogP contribution is 2.23. The number of ether oxygens (including phenoxy) is 2. The fourth-order valence-electron chi connectivity index (χ4n) is 3.10. The maximum Gasteiger partial charge on any atom is 0.254 e. The van der Waals surface area contributed by atoms with Gasteiger partial charge in [0.05, 0.1) is 12.7 Å². The average molecular weight is 320 g/mol. The first-order valence-electron chi connectivity index (χ1n) is 8.10. The number of carbonyl (C=O) groups is 1. The van der Waals surface area contributed by atoms with Crippen LogP contribution in [-0.4, -0.2) is 79.5 Å². The van der Waals surface area contributed by atoms with E-state index in [4.69, 9.17) is 9.47 Å². The second kappa shape index (κ2) is 7.29. The van der Waals surface area contributed by atoms with E-state index >= 15 is 0 Å². The van der Waals surface area contributed by atoms with E-state index in [0.717, 1.165) is 32.6 Å². The van der Waals surface area contributed by atoms with Gasteiger partial charge < -0.3 is 19.5 Å². The number of hydrogen-bond donors (Lipinski definition) is 1. The number of β-amino-alcohol motifs (C(OH)–C–C–N with tert-alkyl or cyclic N) is 1. The minimum absolute atomic E-state index is 0.0400. The summed E-state index contributed by atoms with van der Waals surface area (Å²) in [6.07, 6.45) is 0.631. The number of carbonyl (C=O) groups excluding carboxylic acids is 1. The molecule has 2 aliphatic heterocycles. The molecule has 2 heterocycles. The van der Waals surface area contributed by atoms with Crippen molar-refractivity contribution in [1.29, 1.82) is 0 Å². The first-order valence-corrected chi connectivity index (χ1v) is 8.10. The van der Waals surface area contributed by atoms with E-state index in [-0.39, 0.29) is 12.0 Å².